The van der Waals surface area contributed by atoms with Crippen LogP contribution in [-0.4, -0.2) is 19.7 Å². The lowest BCUT2D eigenvalue weighted by molar-refractivity contribution is -0.142. The molecule has 0 bridgehead atoms. The topological polar surface area (TPSA) is 35.5 Å². The van der Waals surface area contributed by atoms with E-state index in [0.717, 1.165) is 6.07 Å². The van der Waals surface area contributed by atoms with Crippen LogP contribution in [0.1, 0.15) is 17.9 Å². The molecule has 1 atom stereocenters. The number of carbonyl (C=O) groups excluding carboxylic acids is 1. The summed E-state index contributed by atoms with van der Waals surface area (Å²) >= 11 is 5.82. The van der Waals surface area contributed by atoms with Gasteiger partial charge >= 0.3 is 5.97 Å². The number of hydrogen-bond acceptors (Lipinski definition) is 3. The molecule has 0 fully saturated rings. The Morgan fingerprint density at radius 1 is 1.56 bits per heavy atom. The van der Waals surface area contributed by atoms with Crippen LogP contribution in [0.3, 0.4) is 0 Å². The largest absolute Gasteiger partial charge is 0.494 e. The van der Waals surface area contributed by atoms with Crippen LogP contribution >= 0.6 is 11.6 Å². The lowest BCUT2D eigenvalue weighted by atomic mass is 10.1. The molecule has 0 spiro atoms. The average Bonchev–Trinajstić information content (AvgIpc) is 2.28. The van der Waals surface area contributed by atoms with Crippen molar-refractivity contribution in [2.75, 3.05) is 13.7 Å². The van der Waals surface area contributed by atoms with E-state index < -0.39 is 17.2 Å². The van der Waals surface area contributed by atoms with E-state index in [0.29, 0.717) is 5.56 Å². The highest BCUT2D eigenvalue weighted by Crippen LogP contribution is 2.26. The Kier molecular flexibility index (Phi) is 4.55. The monoisotopic (exact) mass is 246 g/mol. The fraction of sp³-hybridized carbons (Fsp3) is 0.364. The number of halogens is 2. The van der Waals surface area contributed by atoms with Crippen molar-refractivity contribution >= 4 is 17.6 Å². The molecule has 1 unspecified atom stereocenters. The van der Waals surface area contributed by atoms with Crippen LogP contribution in [0.25, 0.3) is 0 Å². The molecule has 1 aromatic rings. The first-order valence-corrected chi connectivity index (χ1v) is 5.18. The lowest BCUT2D eigenvalue weighted by Gasteiger charge is -2.10. The molecule has 1 aromatic carbocycles. The Labute approximate surface area is 98.1 Å². The van der Waals surface area contributed by atoms with Gasteiger partial charge < -0.3 is 9.47 Å². The molecule has 3 nitrogen and oxygen atoms in total. The number of carbonyl (C=O) groups is 1. The van der Waals surface area contributed by atoms with E-state index in [1.165, 1.54) is 19.2 Å². The molecular weight excluding hydrogens is 235 g/mol. The lowest BCUT2D eigenvalue weighted by Crippen LogP contribution is -2.11. The minimum Gasteiger partial charge on any atom is -0.494 e. The van der Waals surface area contributed by atoms with Crippen LogP contribution < -0.4 is 4.74 Å². The van der Waals surface area contributed by atoms with Crippen molar-refractivity contribution in [3.05, 3.63) is 29.6 Å². The summed E-state index contributed by atoms with van der Waals surface area (Å²) in [5.41, 5.74) is 0.346. The van der Waals surface area contributed by atoms with Crippen LogP contribution in [0.5, 0.6) is 5.75 Å². The van der Waals surface area contributed by atoms with Crippen LogP contribution in [-0.2, 0) is 9.53 Å². The Bertz CT molecular complexity index is 381. The molecule has 5 heteroatoms. The first-order chi connectivity index (χ1) is 7.60. The van der Waals surface area contributed by atoms with E-state index in [2.05, 4.69) is 0 Å². The summed E-state index contributed by atoms with van der Waals surface area (Å²) < 4.78 is 22.8. The maximum atomic E-state index is 13.3. The van der Waals surface area contributed by atoms with Gasteiger partial charge in [-0.2, -0.15) is 0 Å². The van der Waals surface area contributed by atoms with Gasteiger partial charge in [0.1, 0.15) is 0 Å². The van der Waals surface area contributed by atoms with Gasteiger partial charge in [0.2, 0.25) is 0 Å². The van der Waals surface area contributed by atoms with Gasteiger partial charge in [-0.15, -0.1) is 11.6 Å². The van der Waals surface area contributed by atoms with E-state index >= 15 is 0 Å². The summed E-state index contributed by atoms with van der Waals surface area (Å²) in [5, 5.41) is -1.000. The molecule has 0 aliphatic carbocycles. The number of benzene rings is 1. The van der Waals surface area contributed by atoms with Crippen molar-refractivity contribution in [3.8, 4) is 5.75 Å². The maximum Gasteiger partial charge on any atom is 0.328 e. The zero-order valence-electron chi connectivity index (χ0n) is 9.00. The standard InChI is InChI=1S/C11H12ClFO3/c1-3-16-11(14)10(12)7-4-5-9(15-2)8(13)6-7/h4-6,10H,3H2,1-2H3. The summed E-state index contributed by atoms with van der Waals surface area (Å²) in [6.45, 7) is 1.91. The van der Waals surface area contributed by atoms with Crippen molar-refractivity contribution < 1.29 is 18.7 Å². The Hall–Kier alpha value is -1.29. The highest BCUT2D eigenvalue weighted by atomic mass is 35.5. The van der Waals surface area contributed by atoms with E-state index in [1.54, 1.807) is 6.92 Å². The smallest absolute Gasteiger partial charge is 0.328 e. The first kappa shape index (κ1) is 12.8. The summed E-state index contributed by atoms with van der Waals surface area (Å²) in [4.78, 5) is 11.3. The number of hydrogen-bond donors (Lipinski definition) is 0. The second-order valence-corrected chi connectivity index (χ2v) is 3.45. The predicted octanol–water partition coefficient (Wildman–Crippen LogP) is 2.68. The van der Waals surface area contributed by atoms with Crippen molar-refractivity contribution in [2.24, 2.45) is 0 Å². The van der Waals surface area contributed by atoms with Crippen molar-refractivity contribution in [2.45, 2.75) is 12.3 Å². The van der Waals surface area contributed by atoms with E-state index in [4.69, 9.17) is 21.1 Å². The quantitative estimate of drug-likeness (QED) is 0.605. The molecule has 0 aromatic heterocycles. The van der Waals surface area contributed by atoms with Crippen molar-refractivity contribution in [1.82, 2.24) is 0 Å². The molecule has 0 heterocycles. The highest BCUT2D eigenvalue weighted by molar-refractivity contribution is 6.29. The highest BCUT2D eigenvalue weighted by Gasteiger charge is 2.20. The van der Waals surface area contributed by atoms with Crippen LogP contribution in [0.15, 0.2) is 18.2 Å². The molecule has 0 N–H and O–H groups in total. The molecule has 0 saturated carbocycles. The minimum absolute atomic E-state index is 0.108. The number of alkyl halides is 1. The zero-order valence-corrected chi connectivity index (χ0v) is 9.75. The molecule has 0 aliphatic rings. The maximum absolute atomic E-state index is 13.3. The molecule has 0 amide bonds. The van der Waals surface area contributed by atoms with Crippen molar-refractivity contribution in [3.63, 3.8) is 0 Å². The van der Waals surface area contributed by atoms with Crippen LogP contribution in [0, 0.1) is 5.82 Å². The third-order valence-electron chi connectivity index (χ3n) is 1.96. The van der Waals surface area contributed by atoms with Gasteiger partial charge in [0.15, 0.2) is 16.9 Å². The van der Waals surface area contributed by atoms with Gasteiger partial charge in [-0.1, -0.05) is 6.07 Å². The van der Waals surface area contributed by atoms with Gasteiger partial charge in [-0.25, -0.2) is 4.39 Å². The number of esters is 1. The van der Waals surface area contributed by atoms with Gasteiger partial charge in [0, 0.05) is 0 Å². The molecular formula is C11H12ClFO3. The zero-order chi connectivity index (χ0) is 12.1. The van der Waals surface area contributed by atoms with E-state index in [1.807, 2.05) is 0 Å². The van der Waals surface area contributed by atoms with E-state index in [-0.39, 0.29) is 12.4 Å². The Morgan fingerprint density at radius 2 is 2.25 bits per heavy atom. The molecule has 16 heavy (non-hydrogen) atoms. The van der Waals surface area contributed by atoms with Gasteiger partial charge in [0.25, 0.3) is 0 Å². The number of ether oxygens (including phenoxy) is 2. The van der Waals surface area contributed by atoms with Gasteiger partial charge in [-0.3, -0.25) is 4.79 Å². The molecule has 88 valence electrons. The molecule has 0 radical (unpaired) electrons. The Balaban J connectivity index is 2.88. The summed E-state index contributed by atoms with van der Waals surface area (Å²) in [6.07, 6.45) is 0. The summed E-state index contributed by atoms with van der Waals surface area (Å²) in [5.74, 6) is -1.04. The molecule has 0 aliphatic heterocycles. The second-order valence-electron chi connectivity index (χ2n) is 3.01. The predicted molar refractivity (Wildman–Crippen MR) is 58.2 cm³/mol. The fourth-order valence-corrected chi connectivity index (χ4v) is 1.39. The average molecular weight is 247 g/mol. The van der Waals surface area contributed by atoms with Crippen LogP contribution in [0.2, 0.25) is 0 Å². The number of methoxy groups -OCH3 is 1. The van der Waals surface area contributed by atoms with Crippen molar-refractivity contribution in [1.29, 1.82) is 0 Å². The van der Waals surface area contributed by atoms with Gasteiger partial charge in [0.05, 0.1) is 13.7 Å². The summed E-state index contributed by atoms with van der Waals surface area (Å²) in [7, 11) is 1.36. The molecule has 0 saturated heterocycles. The van der Waals surface area contributed by atoms with Crippen LogP contribution in [0.4, 0.5) is 4.39 Å². The molecule has 1 rings (SSSR count). The Morgan fingerprint density at radius 3 is 2.75 bits per heavy atom. The SMILES string of the molecule is CCOC(=O)C(Cl)c1ccc(OC)c(F)c1. The third kappa shape index (κ3) is 2.85. The van der Waals surface area contributed by atoms with E-state index in [9.17, 15) is 9.18 Å². The van der Waals surface area contributed by atoms with Gasteiger partial charge in [-0.05, 0) is 24.6 Å². The second kappa shape index (κ2) is 5.70. The third-order valence-corrected chi connectivity index (χ3v) is 2.39. The number of rotatable bonds is 4. The summed E-state index contributed by atoms with van der Waals surface area (Å²) in [6, 6.07) is 4.10. The first-order valence-electron chi connectivity index (χ1n) is 4.74. The fourth-order valence-electron chi connectivity index (χ4n) is 1.19. The minimum atomic E-state index is -1.000. The normalized spacial score (nSPS) is 12.0.